The third-order valence-corrected chi connectivity index (χ3v) is 7.29. The predicted octanol–water partition coefficient (Wildman–Crippen LogP) is 3.76. The summed E-state index contributed by atoms with van der Waals surface area (Å²) in [6.07, 6.45) is 3.34. The van der Waals surface area contributed by atoms with E-state index in [0.717, 1.165) is 18.4 Å². The molecule has 2 heterocycles. The molecule has 0 spiro atoms. The van der Waals surface area contributed by atoms with Gasteiger partial charge in [0.05, 0.1) is 0 Å². The van der Waals surface area contributed by atoms with Crippen LogP contribution < -0.4 is 5.32 Å². The zero-order valence-corrected chi connectivity index (χ0v) is 18.8. The first kappa shape index (κ1) is 22.5. The van der Waals surface area contributed by atoms with E-state index in [2.05, 4.69) is 5.32 Å². The van der Waals surface area contributed by atoms with E-state index in [4.69, 9.17) is 0 Å². The first-order valence-electron chi connectivity index (χ1n) is 11.8. The third-order valence-electron chi connectivity index (χ3n) is 7.29. The molecule has 0 bridgehead atoms. The molecule has 34 heavy (non-hydrogen) atoms. The molecule has 178 valence electrons. The lowest BCUT2D eigenvalue weighted by Gasteiger charge is -2.41. The second-order valence-corrected chi connectivity index (χ2v) is 9.64. The van der Waals surface area contributed by atoms with Crippen LogP contribution in [0.5, 0.6) is 0 Å². The van der Waals surface area contributed by atoms with Gasteiger partial charge in [-0.15, -0.1) is 0 Å². The fourth-order valence-corrected chi connectivity index (χ4v) is 5.21. The number of imide groups is 1. The lowest BCUT2D eigenvalue weighted by Crippen LogP contribution is -2.58. The van der Waals surface area contributed by atoms with E-state index in [1.54, 1.807) is 23.1 Å². The molecular weight excluding hydrogens is 440 g/mol. The van der Waals surface area contributed by atoms with E-state index in [9.17, 15) is 23.2 Å². The average molecular weight is 468 g/mol. The lowest BCUT2D eigenvalue weighted by molar-refractivity contribution is -0.134. The highest BCUT2D eigenvalue weighted by Crippen LogP contribution is 2.39. The second kappa shape index (κ2) is 8.81. The Kier molecular flexibility index (Phi) is 5.83. The smallest absolute Gasteiger partial charge is 0.325 e. The van der Waals surface area contributed by atoms with Gasteiger partial charge in [0.15, 0.2) is 0 Å². The van der Waals surface area contributed by atoms with Gasteiger partial charge in [0.2, 0.25) is 0 Å². The highest BCUT2D eigenvalue weighted by molar-refractivity contribution is 6.07. The number of rotatable bonds is 6. The molecule has 6 nitrogen and oxygen atoms in total. The number of hydrogen-bond acceptors (Lipinski definition) is 3. The van der Waals surface area contributed by atoms with Gasteiger partial charge in [-0.3, -0.25) is 14.5 Å². The topological polar surface area (TPSA) is 69.7 Å². The first-order valence-corrected chi connectivity index (χ1v) is 11.8. The zero-order valence-electron chi connectivity index (χ0n) is 18.8. The van der Waals surface area contributed by atoms with Crippen molar-refractivity contribution in [1.82, 2.24) is 15.1 Å². The molecule has 2 aromatic carbocycles. The summed E-state index contributed by atoms with van der Waals surface area (Å²) < 4.78 is 27.1. The van der Waals surface area contributed by atoms with Crippen LogP contribution in [0.25, 0.3) is 0 Å². The monoisotopic (exact) mass is 467 g/mol. The van der Waals surface area contributed by atoms with E-state index in [1.807, 2.05) is 0 Å². The number of carbonyl (C=O) groups excluding carboxylic acids is 3. The standard InChI is InChI=1S/C26H27F2N3O3/c27-21-8-6-17(7-9-21)15-26(24(33)31(25(34)29-26)16-18-4-5-18)20-10-12-30(13-11-20)23(32)19-2-1-3-22(28)14-19/h1-3,6-9,14,18,20H,4-5,10-13,15-16H2,(H,29,34). The van der Waals surface area contributed by atoms with Crippen molar-refractivity contribution in [3.63, 3.8) is 0 Å². The van der Waals surface area contributed by atoms with Crippen LogP contribution in [0.15, 0.2) is 48.5 Å². The Morgan fingerprint density at radius 2 is 1.68 bits per heavy atom. The minimum atomic E-state index is -1.13. The van der Waals surface area contributed by atoms with E-state index >= 15 is 0 Å². The predicted molar refractivity (Wildman–Crippen MR) is 121 cm³/mol. The van der Waals surface area contributed by atoms with Gasteiger partial charge in [-0.2, -0.15) is 0 Å². The van der Waals surface area contributed by atoms with Crippen LogP contribution in [0.3, 0.4) is 0 Å². The van der Waals surface area contributed by atoms with Crippen molar-refractivity contribution >= 4 is 17.8 Å². The van der Waals surface area contributed by atoms with Crippen LogP contribution in [0.4, 0.5) is 13.6 Å². The van der Waals surface area contributed by atoms with Crippen LogP contribution in [0.1, 0.15) is 41.6 Å². The minimum absolute atomic E-state index is 0.185. The molecule has 1 atom stereocenters. The maximum absolute atomic E-state index is 13.7. The zero-order chi connectivity index (χ0) is 23.9. The molecule has 3 fully saturated rings. The van der Waals surface area contributed by atoms with Crippen LogP contribution in [-0.4, -0.2) is 52.8 Å². The number of urea groups is 1. The number of piperidine rings is 1. The molecule has 5 rings (SSSR count). The van der Waals surface area contributed by atoms with Crippen molar-refractivity contribution in [1.29, 1.82) is 0 Å². The fraction of sp³-hybridized carbons (Fsp3) is 0.423. The Bertz CT molecular complexity index is 1110. The lowest BCUT2D eigenvalue weighted by atomic mass is 9.73. The molecule has 2 saturated heterocycles. The molecule has 2 aromatic rings. The average Bonchev–Trinajstić information content (AvgIpc) is 3.63. The van der Waals surface area contributed by atoms with E-state index < -0.39 is 11.4 Å². The van der Waals surface area contributed by atoms with Crippen molar-refractivity contribution in [2.45, 2.75) is 37.6 Å². The van der Waals surface area contributed by atoms with Crippen LogP contribution in [-0.2, 0) is 11.2 Å². The van der Waals surface area contributed by atoms with Gasteiger partial charge in [0, 0.05) is 31.6 Å². The summed E-state index contributed by atoms with van der Waals surface area (Å²) in [5.74, 6) is -1.13. The molecule has 0 aromatic heterocycles. The van der Waals surface area contributed by atoms with Crippen molar-refractivity contribution in [3.8, 4) is 0 Å². The molecule has 1 aliphatic carbocycles. The highest BCUT2D eigenvalue weighted by atomic mass is 19.1. The van der Waals surface area contributed by atoms with Crippen LogP contribution in [0.2, 0.25) is 0 Å². The van der Waals surface area contributed by atoms with Gasteiger partial charge in [-0.25, -0.2) is 13.6 Å². The molecular formula is C26H27F2N3O3. The summed E-state index contributed by atoms with van der Waals surface area (Å²) in [5.41, 5.74) is -0.0699. The Labute approximate surface area is 196 Å². The molecule has 4 amide bonds. The molecule has 1 unspecified atom stereocenters. The fourth-order valence-electron chi connectivity index (χ4n) is 5.21. The SMILES string of the molecule is O=C(c1cccc(F)c1)N1CCC(C2(Cc3ccc(F)cc3)NC(=O)N(CC3CC3)C2=O)CC1. The van der Waals surface area contributed by atoms with Crippen molar-refractivity contribution in [2.24, 2.45) is 11.8 Å². The van der Waals surface area contributed by atoms with Gasteiger partial charge >= 0.3 is 6.03 Å². The number of nitrogens with zero attached hydrogens (tertiary/aromatic N) is 2. The Balaban J connectivity index is 1.36. The van der Waals surface area contributed by atoms with E-state index in [-0.39, 0.29) is 36.0 Å². The number of carbonyl (C=O) groups is 3. The molecule has 1 saturated carbocycles. The van der Waals surface area contributed by atoms with Crippen molar-refractivity contribution in [3.05, 3.63) is 71.3 Å². The quantitative estimate of drug-likeness (QED) is 0.658. The van der Waals surface area contributed by atoms with Gasteiger partial charge in [-0.1, -0.05) is 18.2 Å². The van der Waals surface area contributed by atoms with E-state index in [1.165, 1.54) is 35.2 Å². The number of nitrogens with one attached hydrogen (secondary N) is 1. The number of benzene rings is 2. The van der Waals surface area contributed by atoms with E-state index in [0.29, 0.717) is 44.0 Å². The molecule has 8 heteroatoms. The van der Waals surface area contributed by atoms with Crippen molar-refractivity contribution < 1.29 is 23.2 Å². The Morgan fingerprint density at radius 1 is 0.971 bits per heavy atom. The maximum Gasteiger partial charge on any atom is 0.325 e. The molecule has 0 radical (unpaired) electrons. The summed E-state index contributed by atoms with van der Waals surface area (Å²) in [4.78, 5) is 42.4. The van der Waals surface area contributed by atoms with Crippen LogP contribution >= 0.6 is 0 Å². The maximum atomic E-state index is 13.7. The number of hydrogen-bond donors (Lipinski definition) is 1. The first-order chi connectivity index (χ1) is 16.4. The second-order valence-electron chi connectivity index (χ2n) is 9.64. The minimum Gasteiger partial charge on any atom is -0.339 e. The molecule has 2 aliphatic heterocycles. The van der Waals surface area contributed by atoms with Crippen LogP contribution in [0, 0.1) is 23.5 Å². The summed E-state index contributed by atoms with van der Waals surface area (Å²) in [7, 11) is 0. The summed E-state index contributed by atoms with van der Waals surface area (Å²) in [6.45, 7) is 1.22. The van der Waals surface area contributed by atoms with Gasteiger partial charge in [0.25, 0.3) is 11.8 Å². The summed E-state index contributed by atoms with van der Waals surface area (Å²) in [6, 6.07) is 11.2. The van der Waals surface area contributed by atoms with Crippen molar-refractivity contribution in [2.75, 3.05) is 19.6 Å². The normalized spacial score (nSPS) is 23.4. The number of amides is 4. The van der Waals surface area contributed by atoms with Gasteiger partial charge in [0.1, 0.15) is 17.2 Å². The number of likely N-dealkylation sites (tertiary alicyclic amines) is 1. The Morgan fingerprint density at radius 3 is 2.32 bits per heavy atom. The van der Waals surface area contributed by atoms with Gasteiger partial charge < -0.3 is 10.2 Å². The third kappa shape index (κ3) is 4.29. The highest BCUT2D eigenvalue weighted by Gasteiger charge is 2.56. The van der Waals surface area contributed by atoms with Gasteiger partial charge in [-0.05, 0) is 73.4 Å². The summed E-state index contributed by atoms with van der Waals surface area (Å²) in [5, 5.41) is 3.01. The summed E-state index contributed by atoms with van der Waals surface area (Å²) >= 11 is 0. The molecule has 1 N–H and O–H groups in total. The number of halogens is 2. The largest absolute Gasteiger partial charge is 0.339 e. The Hall–Kier alpha value is -3.29. The molecule has 3 aliphatic rings.